The van der Waals surface area contributed by atoms with E-state index in [4.69, 9.17) is 5.73 Å². The Balaban J connectivity index is 2.22. The largest absolute Gasteiger partial charge is 0.331 e. The van der Waals surface area contributed by atoms with E-state index in [0.717, 1.165) is 12.2 Å². The lowest BCUT2D eigenvalue weighted by Crippen LogP contribution is -2.36. The average molecular weight is 162 g/mol. The summed E-state index contributed by atoms with van der Waals surface area (Å²) in [4.78, 5) is 10.0. The van der Waals surface area contributed by atoms with Gasteiger partial charge in [-0.25, -0.2) is 0 Å². The molecule has 1 aromatic rings. The smallest absolute Gasteiger partial charge is 0.173 e. The molecule has 4 nitrogen and oxygen atoms in total. The second-order valence-corrected chi connectivity index (χ2v) is 2.61. The van der Waals surface area contributed by atoms with Crippen molar-refractivity contribution in [1.29, 1.82) is 0 Å². The summed E-state index contributed by atoms with van der Waals surface area (Å²) in [7, 11) is 0. The Hall–Kier alpha value is -1.42. The van der Waals surface area contributed by atoms with Crippen molar-refractivity contribution in [2.45, 2.75) is 6.29 Å². The molecule has 1 aromatic heterocycles. The number of aromatic nitrogens is 1. The van der Waals surface area contributed by atoms with E-state index in [0.29, 0.717) is 0 Å². The monoisotopic (exact) mass is 162 g/mol. The van der Waals surface area contributed by atoms with Crippen LogP contribution < -0.4 is 10.6 Å². The van der Waals surface area contributed by atoms with Crippen LogP contribution in [0, 0.1) is 0 Å². The van der Waals surface area contributed by atoms with Gasteiger partial charge in [-0.2, -0.15) is 0 Å². The highest BCUT2D eigenvalue weighted by atomic mass is 15.3. The van der Waals surface area contributed by atoms with E-state index in [1.807, 2.05) is 23.2 Å². The lowest BCUT2D eigenvalue weighted by molar-refractivity contribution is 0.710. The summed E-state index contributed by atoms with van der Waals surface area (Å²) < 4.78 is 0. The van der Waals surface area contributed by atoms with Gasteiger partial charge < -0.3 is 4.90 Å². The Morgan fingerprint density at radius 3 is 3.08 bits per heavy atom. The number of hydrogen-bond acceptors (Lipinski definition) is 4. The lowest BCUT2D eigenvalue weighted by Gasteiger charge is -2.20. The van der Waals surface area contributed by atoms with Crippen LogP contribution in [0.15, 0.2) is 29.5 Å². The van der Waals surface area contributed by atoms with Gasteiger partial charge in [-0.1, -0.05) is 0 Å². The summed E-state index contributed by atoms with van der Waals surface area (Å²) in [6.45, 7) is 0.771. The normalized spacial score (nSPS) is 21.8. The molecule has 4 heteroatoms. The molecule has 0 saturated heterocycles. The van der Waals surface area contributed by atoms with Gasteiger partial charge in [0.2, 0.25) is 0 Å². The summed E-state index contributed by atoms with van der Waals surface area (Å²) in [6, 6.07) is 3.86. The Morgan fingerprint density at radius 1 is 1.58 bits per heavy atom. The van der Waals surface area contributed by atoms with Crippen molar-refractivity contribution in [3.8, 4) is 0 Å². The van der Waals surface area contributed by atoms with Crippen LogP contribution in [0.3, 0.4) is 0 Å². The van der Waals surface area contributed by atoms with Crippen molar-refractivity contribution in [2.24, 2.45) is 10.7 Å². The molecule has 1 unspecified atom stereocenters. The van der Waals surface area contributed by atoms with Gasteiger partial charge >= 0.3 is 0 Å². The summed E-state index contributed by atoms with van der Waals surface area (Å²) >= 11 is 0. The maximum atomic E-state index is 5.71. The molecule has 0 saturated carbocycles. The van der Waals surface area contributed by atoms with Crippen LogP contribution in [0.2, 0.25) is 0 Å². The quantitative estimate of drug-likeness (QED) is 0.642. The van der Waals surface area contributed by atoms with E-state index < -0.39 is 0 Å². The van der Waals surface area contributed by atoms with Gasteiger partial charge in [0.25, 0.3) is 0 Å². The molecular weight excluding hydrogens is 152 g/mol. The molecular formula is C8H10N4. The number of anilines is 1. The van der Waals surface area contributed by atoms with E-state index in [1.54, 1.807) is 12.4 Å². The van der Waals surface area contributed by atoms with Crippen LogP contribution in [-0.2, 0) is 0 Å². The zero-order valence-electron chi connectivity index (χ0n) is 6.59. The first-order valence-corrected chi connectivity index (χ1v) is 3.82. The molecule has 2 heterocycles. The molecule has 62 valence electrons. The van der Waals surface area contributed by atoms with Gasteiger partial charge in [0, 0.05) is 12.4 Å². The van der Waals surface area contributed by atoms with E-state index in [-0.39, 0.29) is 6.29 Å². The second kappa shape index (κ2) is 2.91. The minimum absolute atomic E-state index is 0.241. The minimum atomic E-state index is -0.241. The number of hydrogen-bond donors (Lipinski definition) is 1. The number of nitrogens with zero attached hydrogens (tertiary/aromatic N) is 3. The topological polar surface area (TPSA) is 54.5 Å². The van der Waals surface area contributed by atoms with Gasteiger partial charge in [0.05, 0.1) is 18.4 Å². The molecule has 1 aliphatic heterocycles. The average Bonchev–Trinajstić information content (AvgIpc) is 2.53. The zero-order valence-corrected chi connectivity index (χ0v) is 6.59. The first-order chi connectivity index (χ1) is 5.88. The minimum Gasteiger partial charge on any atom is -0.331 e. The molecule has 2 rings (SSSR count). The summed E-state index contributed by atoms with van der Waals surface area (Å²) in [5.41, 5.74) is 6.73. The summed E-state index contributed by atoms with van der Waals surface area (Å²) in [5.74, 6) is 0. The van der Waals surface area contributed by atoms with E-state index >= 15 is 0 Å². The van der Waals surface area contributed by atoms with Gasteiger partial charge in [-0.3, -0.25) is 15.7 Å². The molecule has 1 atom stereocenters. The van der Waals surface area contributed by atoms with Gasteiger partial charge in [0.1, 0.15) is 0 Å². The van der Waals surface area contributed by atoms with Crippen molar-refractivity contribution in [3.63, 3.8) is 0 Å². The first kappa shape index (κ1) is 7.24. The van der Waals surface area contributed by atoms with Crippen molar-refractivity contribution in [1.82, 2.24) is 4.98 Å². The molecule has 2 N–H and O–H groups in total. The molecule has 1 aliphatic rings. The fourth-order valence-corrected chi connectivity index (χ4v) is 1.21. The Morgan fingerprint density at radius 2 is 2.50 bits per heavy atom. The fraction of sp³-hybridized carbons (Fsp3) is 0.250. The highest BCUT2D eigenvalue weighted by Crippen LogP contribution is 2.15. The highest BCUT2D eigenvalue weighted by Gasteiger charge is 2.16. The third kappa shape index (κ3) is 1.16. The second-order valence-electron chi connectivity index (χ2n) is 2.61. The number of rotatable bonds is 1. The standard InChI is InChI=1S/C8H10N4/c9-8-11-4-5-12(8)7-2-1-3-10-6-7/h1-4,6,8H,5,9H2. The van der Waals surface area contributed by atoms with Crippen molar-refractivity contribution in [3.05, 3.63) is 24.5 Å². The van der Waals surface area contributed by atoms with Gasteiger partial charge in [0.15, 0.2) is 6.29 Å². The molecule has 0 aromatic carbocycles. The highest BCUT2D eigenvalue weighted by molar-refractivity contribution is 5.70. The first-order valence-electron chi connectivity index (χ1n) is 3.82. The maximum Gasteiger partial charge on any atom is 0.173 e. The Bertz CT molecular complexity index is 282. The van der Waals surface area contributed by atoms with Crippen LogP contribution in [0.25, 0.3) is 0 Å². The van der Waals surface area contributed by atoms with Gasteiger partial charge in [-0.05, 0) is 12.1 Å². The molecule has 0 radical (unpaired) electrons. The maximum absolute atomic E-state index is 5.71. The Kier molecular flexibility index (Phi) is 1.75. The molecule has 0 fully saturated rings. The van der Waals surface area contributed by atoms with Crippen molar-refractivity contribution in [2.75, 3.05) is 11.4 Å². The van der Waals surface area contributed by atoms with Crippen LogP contribution in [0.4, 0.5) is 5.69 Å². The summed E-state index contributed by atoms with van der Waals surface area (Å²) in [6.07, 6.45) is 5.10. The Labute approximate surface area is 70.7 Å². The third-order valence-corrected chi connectivity index (χ3v) is 1.83. The molecule has 0 aliphatic carbocycles. The number of aliphatic imine (C=N–C) groups is 1. The molecule has 12 heavy (non-hydrogen) atoms. The van der Waals surface area contributed by atoms with Crippen molar-refractivity contribution >= 4 is 11.9 Å². The lowest BCUT2D eigenvalue weighted by atomic mass is 10.4. The molecule has 0 bridgehead atoms. The van der Waals surface area contributed by atoms with Crippen LogP contribution >= 0.6 is 0 Å². The van der Waals surface area contributed by atoms with Crippen LogP contribution in [0.1, 0.15) is 0 Å². The predicted molar refractivity (Wildman–Crippen MR) is 48.1 cm³/mol. The number of pyridine rings is 1. The number of nitrogens with two attached hydrogens (primary N) is 1. The van der Waals surface area contributed by atoms with Gasteiger partial charge in [-0.15, -0.1) is 0 Å². The van der Waals surface area contributed by atoms with E-state index in [9.17, 15) is 0 Å². The SMILES string of the molecule is NC1N=CCN1c1cccnc1. The third-order valence-electron chi connectivity index (χ3n) is 1.83. The summed E-state index contributed by atoms with van der Waals surface area (Å²) in [5, 5.41) is 0. The fourth-order valence-electron chi connectivity index (χ4n) is 1.21. The molecule has 0 spiro atoms. The zero-order chi connectivity index (χ0) is 8.39. The predicted octanol–water partition coefficient (Wildman–Crippen LogP) is 0.215. The van der Waals surface area contributed by atoms with E-state index in [1.165, 1.54) is 0 Å². The van der Waals surface area contributed by atoms with Crippen molar-refractivity contribution < 1.29 is 0 Å². The van der Waals surface area contributed by atoms with E-state index in [2.05, 4.69) is 9.98 Å². The van der Waals surface area contributed by atoms with Crippen LogP contribution in [-0.4, -0.2) is 24.0 Å². The van der Waals surface area contributed by atoms with Crippen LogP contribution in [0.5, 0.6) is 0 Å². The molecule has 0 amide bonds.